The highest BCUT2D eigenvalue weighted by Crippen LogP contribution is 2.66. The number of piperazine rings is 1. The Morgan fingerprint density at radius 3 is 2.45 bits per heavy atom. The number of rotatable bonds is 11. The third kappa shape index (κ3) is 7.57. The number of hydrogen-bond acceptors (Lipinski definition) is 6. The van der Waals surface area contributed by atoms with E-state index in [-0.39, 0.29) is 29.7 Å². The number of fused-ring (bicyclic) bond motifs is 6. The van der Waals surface area contributed by atoms with Gasteiger partial charge in [0, 0.05) is 62.7 Å². The molecule has 4 aliphatic carbocycles. The number of carbonyl (C=O) groups is 3. The highest BCUT2D eigenvalue weighted by molar-refractivity contribution is 6.15. The van der Waals surface area contributed by atoms with Crippen LogP contribution in [0.4, 0.5) is 4.39 Å². The molecule has 55 heavy (non-hydrogen) atoms. The van der Waals surface area contributed by atoms with Crippen molar-refractivity contribution in [1.82, 2.24) is 9.80 Å². The van der Waals surface area contributed by atoms with Crippen LogP contribution in [0.5, 0.6) is 0 Å². The van der Waals surface area contributed by atoms with E-state index in [0.717, 1.165) is 46.9 Å². The molecule has 9 heteroatoms. The van der Waals surface area contributed by atoms with Gasteiger partial charge in [-0.05, 0) is 110 Å². The van der Waals surface area contributed by atoms with E-state index in [4.69, 9.17) is 9.47 Å². The zero-order valence-corrected chi connectivity index (χ0v) is 33.0. The van der Waals surface area contributed by atoms with Crippen molar-refractivity contribution in [2.24, 2.45) is 39.5 Å². The smallest absolute Gasteiger partial charge is 0.256 e. The first-order valence-electron chi connectivity index (χ1n) is 21.4. The second kappa shape index (κ2) is 16.2. The lowest BCUT2D eigenvalue weighted by Crippen LogP contribution is -2.53. The first-order chi connectivity index (χ1) is 26.7. The Balaban J connectivity index is 0.736. The van der Waals surface area contributed by atoms with Crippen molar-refractivity contribution >= 4 is 23.3 Å². The molecule has 5 fully saturated rings. The molecular weight excluding hydrogens is 694 g/mol. The summed E-state index contributed by atoms with van der Waals surface area (Å²) < 4.78 is 27.5. The van der Waals surface area contributed by atoms with E-state index in [1.54, 1.807) is 28.0 Å². The molecule has 1 saturated heterocycles. The molecule has 0 radical (unpaired) electrons. The summed E-state index contributed by atoms with van der Waals surface area (Å²) in [5.74, 6) is 2.62. The van der Waals surface area contributed by atoms with Crippen LogP contribution >= 0.6 is 0 Å². The lowest BCUT2D eigenvalue weighted by Gasteiger charge is -2.60. The van der Waals surface area contributed by atoms with E-state index in [1.165, 1.54) is 70.3 Å². The lowest BCUT2D eigenvalue weighted by atomic mass is 9.45. The van der Waals surface area contributed by atoms with E-state index >= 15 is 0 Å². The average molecular weight is 754 g/mol. The van der Waals surface area contributed by atoms with E-state index in [2.05, 4.69) is 18.8 Å². The predicted octanol–water partition coefficient (Wildman–Crippen LogP) is 7.95. The number of aliphatic imine (C=N–C) groups is 1. The first-order valence-corrected chi connectivity index (χ1v) is 21.4. The molecule has 8 nitrogen and oxygen atoms in total. The second-order valence-corrected chi connectivity index (χ2v) is 18.0. The zero-order valence-electron chi connectivity index (χ0n) is 33.0. The van der Waals surface area contributed by atoms with Gasteiger partial charge in [0.1, 0.15) is 12.4 Å². The molecule has 8 rings (SSSR count). The minimum absolute atomic E-state index is 0.0141. The maximum Gasteiger partial charge on any atom is 0.256 e. The molecule has 6 aliphatic rings. The Hall–Kier alpha value is -3.43. The van der Waals surface area contributed by atoms with Crippen LogP contribution in [0, 0.1) is 40.3 Å². The van der Waals surface area contributed by atoms with Crippen LogP contribution in [0.25, 0.3) is 0 Å². The van der Waals surface area contributed by atoms with Gasteiger partial charge in [0.15, 0.2) is 5.78 Å². The topological polar surface area (TPSA) is 88.5 Å². The minimum atomic E-state index is -0.573. The van der Waals surface area contributed by atoms with Crippen molar-refractivity contribution in [3.05, 3.63) is 70.5 Å². The average Bonchev–Trinajstić information content (AvgIpc) is 3.54. The standard InChI is InChI=1S/C46H60FN3O5/c1-45-19-6-5-8-32(45)12-13-35-37-14-16-42(46(37,2)20-17-38(35)45)55-26-7-25-54-27-18-43(52)49-21-23-50(24-22-49)44(53)36-28-31(11-15-39(36)47)29-40-33-9-3-4-10-34(33)41(51)30-48-40/h3-4,9-11,15,28,32,35,37-38,42H,5-8,12-14,16-27,29-30H2,1-2H3/t32-,35+,37+,38+,42+,45+,46+/m1/s1. The lowest BCUT2D eigenvalue weighted by molar-refractivity contribution is -0.134. The molecule has 0 N–H and O–H groups in total. The quantitative estimate of drug-likeness (QED) is 0.218. The van der Waals surface area contributed by atoms with Gasteiger partial charge < -0.3 is 19.3 Å². The summed E-state index contributed by atoms with van der Waals surface area (Å²) in [6, 6.07) is 12.0. The van der Waals surface area contributed by atoms with Crippen LogP contribution < -0.4 is 0 Å². The van der Waals surface area contributed by atoms with Crippen LogP contribution in [0.3, 0.4) is 0 Å². The van der Waals surface area contributed by atoms with Gasteiger partial charge in [-0.3, -0.25) is 19.4 Å². The summed E-state index contributed by atoms with van der Waals surface area (Å²) in [6.07, 6.45) is 15.8. The number of halogens is 1. The molecule has 2 aromatic carbocycles. The van der Waals surface area contributed by atoms with Crippen LogP contribution in [-0.2, 0) is 20.7 Å². The molecule has 4 saturated carbocycles. The van der Waals surface area contributed by atoms with Gasteiger partial charge in [0.05, 0.1) is 24.7 Å². The largest absolute Gasteiger partial charge is 0.381 e. The van der Waals surface area contributed by atoms with Crippen LogP contribution in [0.15, 0.2) is 47.5 Å². The maximum atomic E-state index is 15.0. The SMILES string of the molecule is C[C@]12CCCC[C@@H]1CC[C@@H]1[C@@H]2CC[C@]2(C)[C@@H](OCCCOCCC(=O)N3CCN(C(=O)c4cc(CC5=NCC(=O)c6ccccc65)ccc4F)CC3)CC[C@@H]12. The minimum Gasteiger partial charge on any atom is -0.381 e. The zero-order chi connectivity index (χ0) is 38.2. The molecule has 0 spiro atoms. The molecule has 2 heterocycles. The predicted molar refractivity (Wildman–Crippen MR) is 211 cm³/mol. The number of ether oxygens (including phenoxy) is 2. The van der Waals surface area contributed by atoms with Gasteiger partial charge in [0.2, 0.25) is 5.91 Å². The Kier molecular flexibility index (Phi) is 11.3. The van der Waals surface area contributed by atoms with Crippen molar-refractivity contribution in [2.75, 3.05) is 52.5 Å². The molecule has 2 aromatic rings. The molecule has 7 atom stereocenters. The normalized spacial score (nSPS) is 31.6. The summed E-state index contributed by atoms with van der Waals surface area (Å²) in [4.78, 5) is 46.6. The monoisotopic (exact) mass is 753 g/mol. The fourth-order valence-corrected chi connectivity index (χ4v) is 12.2. The number of carbonyl (C=O) groups excluding carboxylic acids is 3. The summed E-state index contributed by atoms with van der Waals surface area (Å²) in [5.41, 5.74) is 3.83. The Bertz CT molecular complexity index is 1790. The van der Waals surface area contributed by atoms with E-state index < -0.39 is 5.82 Å². The number of hydrogen-bond donors (Lipinski definition) is 0. The third-order valence-electron chi connectivity index (χ3n) is 15.2. The van der Waals surface area contributed by atoms with Gasteiger partial charge in [-0.1, -0.05) is 57.0 Å². The molecule has 2 aliphatic heterocycles. The number of Topliss-reactive ketones (excluding diaryl/α,β-unsaturated/α-hetero) is 1. The van der Waals surface area contributed by atoms with Crippen LogP contribution in [-0.4, -0.2) is 91.8 Å². The van der Waals surface area contributed by atoms with Crippen molar-refractivity contribution in [1.29, 1.82) is 0 Å². The van der Waals surface area contributed by atoms with Crippen molar-refractivity contribution in [3.8, 4) is 0 Å². The Morgan fingerprint density at radius 1 is 0.836 bits per heavy atom. The van der Waals surface area contributed by atoms with Crippen LogP contribution in [0.1, 0.15) is 123 Å². The van der Waals surface area contributed by atoms with Crippen molar-refractivity contribution in [3.63, 3.8) is 0 Å². The van der Waals surface area contributed by atoms with Crippen LogP contribution in [0.2, 0.25) is 0 Å². The molecule has 0 bridgehead atoms. The van der Waals surface area contributed by atoms with Gasteiger partial charge >= 0.3 is 0 Å². The fraction of sp³-hybridized carbons (Fsp3) is 0.652. The maximum absolute atomic E-state index is 15.0. The summed E-state index contributed by atoms with van der Waals surface area (Å²) in [5, 5.41) is 0. The number of ketones is 1. The number of benzene rings is 2. The van der Waals surface area contributed by atoms with Crippen molar-refractivity contribution < 1.29 is 28.2 Å². The molecule has 2 amide bonds. The van der Waals surface area contributed by atoms with Gasteiger partial charge in [-0.25, -0.2) is 4.39 Å². The van der Waals surface area contributed by atoms with Gasteiger partial charge in [-0.15, -0.1) is 0 Å². The van der Waals surface area contributed by atoms with E-state index in [0.29, 0.717) is 81.3 Å². The first kappa shape index (κ1) is 38.4. The molecule has 0 unspecified atom stereocenters. The summed E-state index contributed by atoms with van der Waals surface area (Å²) >= 11 is 0. The summed E-state index contributed by atoms with van der Waals surface area (Å²) in [7, 11) is 0. The highest BCUT2D eigenvalue weighted by atomic mass is 19.1. The number of nitrogens with zero attached hydrogens (tertiary/aromatic N) is 3. The third-order valence-corrected chi connectivity index (χ3v) is 15.2. The second-order valence-electron chi connectivity index (χ2n) is 18.0. The van der Waals surface area contributed by atoms with Gasteiger partial charge in [0.25, 0.3) is 5.91 Å². The molecule has 296 valence electrons. The fourth-order valence-electron chi connectivity index (χ4n) is 12.2. The number of amides is 2. The summed E-state index contributed by atoms with van der Waals surface area (Å²) in [6.45, 7) is 8.43. The highest BCUT2D eigenvalue weighted by Gasteiger charge is 2.60. The van der Waals surface area contributed by atoms with E-state index in [9.17, 15) is 18.8 Å². The van der Waals surface area contributed by atoms with Gasteiger partial charge in [-0.2, -0.15) is 0 Å². The van der Waals surface area contributed by atoms with Crippen molar-refractivity contribution in [2.45, 2.75) is 103 Å². The Morgan fingerprint density at radius 2 is 1.62 bits per heavy atom. The van der Waals surface area contributed by atoms with E-state index in [1.807, 2.05) is 18.2 Å². The Labute approximate surface area is 326 Å². The molecular formula is C46H60FN3O5. The molecule has 0 aromatic heterocycles.